The summed E-state index contributed by atoms with van der Waals surface area (Å²) in [6, 6.07) is 7.26. The quantitative estimate of drug-likeness (QED) is 0.589. The Labute approximate surface area is 115 Å². The van der Waals surface area contributed by atoms with Crippen LogP contribution in [0.15, 0.2) is 30.3 Å². The van der Waals surface area contributed by atoms with Gasteiger partial charge in [-0.1, -0.05) is 30.3 Å². The summed E-state index contributed by atoms with van der Waals surface area (Å²) < 4.78 is 0. The van der Waals surface area contributed by atoms with Gasteiger partial charge in [0.15, 0.2) is 0 Å². The number of hydrogen-bond donors (Lipinski definition) is 4. The summed E-state index contributed by atoms with van der Waals surface area (Å²) in [7, 11) is 0. The van der Waals surface area contributed by atoms with Crippen LogP contribution in [0.5, 0.6) is 0 Å². The van der Waals surface area contributed by atoms with E-state index in [2.05, 4.69) is 10.6 Å². The Balaban J connectivity index is 2.41. The molecule has 0 bridgehead atoms. The molecule has 1 atom stereocenters. The third-order valence-corrected chi connectivity index (χ3v) is 2.55. The van der Waals surface area contributed by atoms with Crippen LogP contribution in [-0.2, 0) is 16.1 Å². The van der Waals surface area contributed by atoms with Crippen molar-refractivity contribution in [2.75, 3.05) is 0 Å². The van der Waals surface area contributed by atoms with E-state index < -0.39 is 24.0 Å². The van der Waals surface area contributed by atoms with Gasteiger partial charge in [0.2, 0.25) is 0 Å². The monoisotopic (exact) mass is 280 g/mol. The molecule has 0 aliphatic rings. The van der Waals surface area contributed by atoms with Crippen molar-refractivity contribution in [1.29, 1.82) is 0 Å². The number of carbonyl (C=O) groups is 3. The number of benzene rings is 1. The van der Waals surface area contributed by atoms with Crippen LogP contribution in [0.2, 0.25) is 0 Å². The molecule has 0 heterocycles. The Hall–Kier alpha value is -2.57. The molecule has 20 heavy (non-hydrogen) atoms. The first-order valence-electron chi connectivity index (χ1n) is 6.02. The molecule has 108 valence electrons. The van der Waals surface area contributed by atoms with Crippen LogP contribution in [0.4, 0.5) is 4.79 Å². The zero-order chi connectivity index (χ0) is 15.0. The van der Waals surface area contributed by atoms with Crippen molar-refractivity contribution in [1.82, 2.24) is 10.6 Å². The summed E-state index contributed by atoms with van der Waals surface area (Å²) >= 11 is 0. The van der Waals surface area contributed by atoms with Gasteiger partial charge in [-0.3, -0.25) is 4.79 Å². The standard InChI is InChI=1S/C13H16N2O5/c16-11(17)7-6-10(12(18)19)15-13(20)14-8-9-4-2-1-3-5-9/h1-5,10H,6-8H2,(H,16,17)(H,18,19)(H2,14,15,20). The molecule has 7 nitrogen and oxygen atoms in total. The van der Waals surface area contributed by atoms with Crippen LogP contribution in [0.25, 0.3) is 0 Å². The number of carbonyl (C=O) groups excluding carboxylic acids is 1. The van der Waals surface area contributed by atoms with Gasteiger partial charge in [0, 0.05) is 13.0 Å². The molecule has 2 amide bonds. The van der Waals surface area contributed by atoms with Gasteiger partial charge in [0.25, 0.3) is 0 Å². The van der Waals surface area contributed by atoms with Crippen LogP contribution in [0, 0.1) is 0 Å². The number of hydrogen-bond acceptors (Lipinski definition) is 3. The summed E-state index contributed by atoms with van der Waals surface area (Å²) in [6.45, 7) is 0.262. The summed E-state index contributed by atoms with van der Waals surface area (Å²) in [5.41, 5.74) is 0.875. The maximum absolute atomic E-state index is 11.5. The lowest BCUT2D eigenvalue weighted by Gasteiger charge is -2.14. The first-order chi connectivity index (χ1) is 9.49. The molecule has 0 aliphatic heterocycles. The minimum absolute atomic E-state index is 0.163. The number of nitrogens with one attached hydrogen (secondary N) is 2. The van der Waals surface area contributed by atoms with E-state index in [1.165, 1.54) is 0 Å². The van der Waals surface area contributed by atoms with Crippen molar-refractivity contribution in [2.24, 2.45) is 0 Å². The van der Waals surface area contributed by atoms with E-state index in [1.807, 2.05) is 30.3 Å². The second kappa shape index (κ2) is 7.78. The smallest absolute Gasteiger partial charge is 0.326 e. The Bertz CT molecular complexity index is 475. The fraction of sp³-hybridized carbons (Fsp3) is 0.308. The molecule has 1 rings (SSSR count). The predicted molar refractivity (Wildman–Crippen MR) is 70.1 cm³/mol. The zero-order valence-electron chi connectivity index (χ0n) is 10.7. The van der Waals surface area contributed by atoms with E-state index in [0.717, 1.165) is 5.56 Å². The molecule has 0 aliphatic carbocycles. The highest BCUT2D eigenvalue weighted by Gasteiger charge is 2.20. The van der Waals surface area contributed by atoms with Crippen LogP contribution in [-0.4, -0.2) is 34.2 Å². The number of aliphatic carboxylic acids is 2. The predicted octanol–water partition coefficient (Wildman–Crippen LogP) is 0.804. The van der Waals surface area contributed by atoms with Crippen molar-refractivity contribution in [3.63, 3.8) is 0 Å². The van der Waals surface area contributed by atoms with E-state index in [4.69, 9.17) is 10.2 Å². The van der Waals surface area contributed by atoms with Crippen LogP contribution < -0.4 is 10.6 Å². The van der Waals surface area contributed by atoms with Crippen LogP contribution in [0.1, 0.15) is 18.4 Å². The SMILES string of the molecule is O=C(O)CCC(NC(=O)NCc1ccccc1)C(=O)O. The van der Waals surface area contributed by atoms with Gasteiger partial charge >= 0.3 is 18.0 Å². The van der Waals surface area contributed by atoms with Gasteiger partial charge in [-0.25, -0.2) is 9.59 Å². The van der Waals surface area contributed by atoms with Gasteiger partial charge in [-0.15, -0.1) is 0 Å². The molecule has 4 N–H and O–H groups in total. The first kappa shape index (κ1) is 15.5. The van der Waals surface area contributed by atoms with E-state index in [1.54, 1.807) is 0 Å². The molecule has 1 aromatic carbocycles. The van der Waals surface area contributed by atoms with Crippen molar-refractivity contribution in [3.05, 3.63) is 35.9 Å². The number of urea groups is 1. The summed E-state index contributed by atoms with van der Waals surface area (Å²) in [6.07, 6.45) is -0.487. The summed E-state index contributed by atoms with van der Waals surface area (Å²) in [5.74, 6) is -2.37. The molecule has 0 saturated carbocycles. The van der Waals surface area contributed by atoms with E-state index in [9.17, 15) is 14.4 Å². The number of rotatable bonds is 7. The highest BCUT2D eigenvalue weighted by Crippen LogP contribution is 1.99. The zero-order valence-corrected chi connectivity index (χ0v) is 10.7. The summed E-state index contributed by atoms with van der Waals surface area (Å²) in [5, 5.41) is 22.1. The lowest BCUT2D eigenvalue weighted by atomic mass is 10.1. The molecule has 7 heteroatoms. The topological polar surface area (TPSA) is 116 Å². The van der Waals surface area contributed by atoms with Crippen molar-refractivity contribution in [3.8, 4) is 0 Å². The van der Waals surface area contributed by atoms with Gasteiger partial charge in [-0.05, 0) is 12.0 Å². The van der Waals surface area contributed by atoms with E-state index in [0.29, 0.717) is 0 Å². The maximum atomic E-state index is 11.5. The first-order valence-corrected chi connectivity index (χ1v) is 6.02. The second-order valence-electron chi connectivity index (χ2n) is 4.14. The minimum atomic E-state index is -1.26. The molecule has 0 spiro atoms. The fourth-order valence-electron chi connectivity index (χ4n) is 1.51. The second-order valence-corrected chi connectivity index (χ2v) is 4.14. The molecule has 0 saturated heterocycles. The van der Waals surface area contributed by atoms with Gasteiger partial charge < -0.3 is 20.8 Å². The summed E-state index contributed by atoms with van der Waals surface area (Å²) in [4.78, 5) is 32.8. The molecular weight excluding hydrogens is 264 g/mol. The van der Waals surface area contributed by atoms with Crippen LogP contribution in [0.3, 0.4) is 0 Å². The fourth-order valence-corrected chi connectivity index (χ4v) is 1.51. The molecule has 0 aromatic heterocycles. The van der Waals surface area contributed by atoms with Gasteiger partial charge in [0.1, 0.15) is 6.04 Å². The molecule has 1 unspecified atom stereocenters. The molecule has 1 aromatic rings. The van der Waals surface area contributed by atoms with Crippen molar-refractivity contribution in [2.45, 2.75) is 25.4 Å². The van der Waals surface area contributed by atoms with E-state index in [-0.39, 0.29) is 19.4 Å². The Morgan fingerprint density at radius 2 is 1.75 bits per heavy atom. The Kier molecular flexibility index (Phi) is 6.02. The van der Waals surface area contributed by atoms with Crippen molar-refractivity contribution >= 4 is 18.0 Å². The van der Waals surface area contributed by atoms with Gasteiger partial charge in [-0.2, -0.15) is 0 Å². The Morgan fingerprint density at radius 1 is 1.10 bits per heavy atom. The lowest BCUT2D eigenvalue weighted by Crippen LogP contribution is -2.45. The number of amides is 2. The van der Waals surface area contributed by atoms with E-state index >= 15 is 0 Å². The van der Waals surface area contributed by atoms with Crippen LogP contribution >= 0.6 is 0 Å². The molecular formula is C13H16N2O5. The molecule has 0 fully saturated rings. The third-order valence-electron chi connectivity index (χ3n) is 2.55. The largest absolute Gasteiger partial charge is 0.481 e. The maximum Gasteiger partial charge on any atom is 0.326 e. The number of carboxylic acid groups (broad SMARTS) is 2. The molecule has 0 radical (unpaired) electrons. The average molecular weight is 280 g/mol. The Morgan fingerprint density at radius 3 is 2.30 bits per heavy atom. The highest BCUT2D eigenvalue weighted by atomic mass is 16.4. The number of carboxylic acids is 2. The van der Waals surface area contributed by atoms with Crippen molar-refractivity contribution < 1.29 is 24.6 Å². The normalized spacial score (nSPS) is 11.4. The van der Waals surface area contributed by atoms with Gasteiger partial charge in [0.05, 0.1) is 0 Å². The third kappa shape index (κ3) is 5.85. The average Bonchev–Trinajstić information content (AvgIpc) is 2.41. The lowest BCUT2D eigenvalue weighted by molar-refractivity contribution is -0.140. The highest BCUT2D eigenvalue weighted by molar-refractivity contribution is 5.82. The minimum Gasteiger partial charge on any atom is -0.481 e.